The van der Waals surface area contributed by atoms with Gasteiger partial charge < -0.3 is 16.4 Å². The van der Waals surface area contributed by atoms with Crippen molar-refractivity contribution in [3.8, 4) is 0 Å². The summed E-state index contributed by atoms with van der Waals surface area (Å²) in [5.74, 6) is -0.954. The molecule has 1 saturated carbocycles. The fourth-order valence-corrected chi connectivity index (χ4v) is 2.95. The Hall–Kier alpha value is -1.77. The number of carbonyl (C=O) groups is 2. The average molecular weight is 321 g/mol. The predicted octanol–water partition coefficient (Wildman–Crippen LogP) is 2.26. The average Bonchev–Trinajstić information content (AvgIpc) is 3.19. The summed E-state index contributed by atoms with van der Waals surface area (Å²) in [4.78, 5) is 24.0. The van der Waals surface area contributed by atoms with E-state index < -0.39 is 18.6 Å². The second kappa shape index (κ2) is 5.55. The highest BCUT2D eigenvalue weighted by Crippen LogP contribution is 2.42. The maximum Gasteiger partial charge on any atom is 0.405 e. The monoisotopic (exact) mass is 321 g/mol. The van der Waals surface area contributed by atoms with Crippen molar-refractivity contribution in [3.05, 3.63) is 10.4 Å². The molecule has 21 heavy (non-hydrogen) atoms. The smallest absolute Gasteiger partial charge is 0.397 e. The van der Waals surface area contributed by atoms with Crippen LogP contribution in [0.25, 0.3) is 0 Å². The van der Waals surface area contributed by atoms with Crippen LogP contribution in [0.4, 0.5) is 23.9 Å². The van der Waals surface area contributed by atoms with Crippen molar-refractivity contribution in [2.75, 3.05) is 24.6 Å². The number of carbonyl (C=O) groups excluding carboxylic acids is 2. The number of nitrogen functional groups attached to an aromatic ring is 1. The molecule has 0 aromatic carbocycles. The van der Waals surface area contributed by atoms with Gasteiger partial charge in [0.2, 0.25) is 0 Å². The van der Waals surface area contributed by atoms with Crippen LogP contribution in [0.2, 0.25) is 0 Å². The Labute approximate surface area is 122 Å². The van der Waals surface area contributed by atoms with Gasteiger partial charge in [-0.3, -0.25) is 9.59 Å². The number of thiophene rings is 1. The maximum atomic E-state index is 12.3. The van der Waals surface area contributed by atoms with Crippen molar-refractivity contribution in [3.63, 3.8) is 0 Å². The Balaban J connectivity index is 2.34. The lowest BCUT2D eigenvalue weighted by Gasteiger charge is -2.09. The molecule has 5 nitrogen and oxygen atoms in total. The Kier molecular flexibility index (Phi) is 4.13. The first kappa shape index (κ1) is 15.6. The van der Waals surface area contributed by atoms with E-state index in [1.54, 1.807) is 0 Å². The number of alkyl halides is 3. The van der Waals surface area contributed by atoms with E-state index in [9.17, 15) is 22.8 Å². The molecule has 1 aromatic heterocycles. The number of nitrogens with one attached hydrogen (secondary N) is 2. The van der Waals surface area contributed by atoms with E-state index >= 15 is 0 Å². The van der Waals surface area contributed by atoms with E-state index in [4.69, 9.17) is 5.73 Å². The zero-order valence-electron chi connectivity index (χ0n) is 11.1. The van der Waals surface area contributed by atoms with Gasteiger partial charge in [0, 0.05) is 13.0 Å². The molecule has 0 unspecified atom stereocenters. The molecule has 0 saturated heterocycles. The molecule has 9 heteroatoms. The minimum Gasteiger partial charge on any atom is -0.397 e. The lowest BCUT2D eigenvalue weighted by molar-refractivity contribution is -0.115. The summed E-state index contributed by atoms with van der Waals surface area (Å²) >= 11 is 0.800. The van der Waals surface area contributed by atoms with E-state index in [1.807, 2.05) is 0 Å². The molecule has 1 amide bonds. The molecule has 0 atom stereocenters. The van der Waals surface area contributed by atoms with E-state index in [1.165, 1.54) is 7.05 Å². The molecule has 4 N–H and O–H groups in total. The minimum atomic E-state index is -4.43. The summed E-state index contributed by atoms with van der Waals surface area (Å²) in [6.45, 7) is -1.30. The van der Waals surface area contributed by atoms with Crippen LogP contribution in [0.3, 0.4) is 0 Å². The van der Waals surface area contributed by atoms with Crippen LogP contribution in [0.1, 0.15) is 32.9 Å². The van der Waals surface area contributed by atoms with Crippen LogP contribution < -0.4 is 16.4 Å². The summed E-state index contributed by atoms with van der Waals surface area (Å²) in [5, 5.41) is 4.42. The molecular formula is C12H14F3N3O2S. The SMILES string of the molecule is CNC(=O)c1c(NCC(F)(F)F)sc(C(=O)C2CC2)c1N. The molecule has 1 aliphatic carbocycles. The van der Waals surface area contributed by atoms with Gasteiger partial charge in [-0.25, -0.2) is 0 Å². The van der Waals surface area contributed by atoms with Gasteiger partial charge in [-0.15, -0.1) is 11.3 Å². The molecule has 2 rings (SSSR count). The summed E-state index contributed by atoms with van der Waals surface area (Å²) in [6, 6.07) is 0. The Morgan fingerprint density at radius 1 is 1.38 bits per heavy atom. The highest BCUT2D eigenvalue weighted by molar-refractivity contribution is 7.19. The number of anilines is 2. The lowest BCUT2D eigenvalue weighted by Crippen LogP contribution is -2.24. The molecule has 1 heterocycles. The van der Waals surface area contributed by atoms with Crippen LogP contribution in [-0.2, 0) is 0 Å². The van der Waals surface area contributed by atoms with Gasteiger partial charge in [-0.2, -0.15) is 13.2 Å². The molecule has 116 valence electrons. The number of ketones is 1. The van der Waals surface area contributed by atoms with E-state index in [2.05, 4.69) is 10.6 Å². The normalized spacial score (nSPS) is 14.9. The molecule has 0 radical (unpaired) electrons. The number of rotatable bonds is 5. The topological polar surface area (TPSA) is 84.2 Å². The number of halogens is 3. The van der Waals surface area contributed by atoms with Gasteiger partial charge in [0.15, 0.2) is 5.78 Å². The zero-order chi connectivity index (χ0) is 15.8. The molecule has 1 aromatic rings. The molecule has 0 spiro atoms. The number of hydrogen-bond acceptors (Lipinski definition) is 5. The molecule has 0 bridgehead atoms. The minimum absolute atomic E-state index is 0.0341. The summed E-state index contributed by atoms with van der Waals surface area (Å²) in [7, 11) is 1.34. The van der Waals surface area contributed by atoms with Crippen LogP contribution in [0.15, 0.2) is 0 Å². The molecule has 1 aliphatic rings. The molecule has 1 fully saturated rings. The van der Waals surface area contributed by atoms with Crippen LogP contribution >= 0.6 is 11.3 Å². The highest BCUT2D eigenvalue weighted by atomic mass is 32.1. The van der Waals surface area contributed by atoms with Crippen molar-refractivity contribution in [2.24, 2.45) is 5.92 Å². The maximum absolute atomic E-state index is 12.3. The molecular weight excluding hydrogens is 307 g/mol. The van der Waals surface area contributed by atoms with E-state index in [0.717, 1.165) is 24.2 Å². The lowest BCUT2D eigenvalue weighted by atomic mass is 10.1. The second-order valence-electron chi connectivity index (χ2n) is 4.74. The van der Waals surface area contributed by atoms with Gasteiger partial charge >= 0.3 is 6.18 Å². The van der Waals surface area contributed by atoms with Crippen molar-refractivity contribution in [1.82, 2.24) is 5.32 Å². The first-order chi connectivity index (χ1) is 9.74. The largest absolute Gasteiger partial charge is 0.405 e. The highest BCUT2D eigenvalue weighted by Gasteiger charge is 2.36. The summed E-state index contributed by atoms with van der Waals surface area (Å²) < 4.78 is 36.9. The Morgan fingerprint density at radius 3 is 2.48 bits per heavy atom. The van der Waals surface area contributed by atoms with Gasteiger partial charge in [-0.1, -0.05) is 0 Å². The van der Waals surface area contributed by atoms with Crippen molar-refractivity contribution in [2.45, 2.75) is 19.0 Å². The molecule has 0 aliphatic heterocycles. The van der Waals surface area contributed by atoms with Gasteiger partial charge in [0.05, 0.1) is 16.1 Å². The predicted molar refractivity (Wildman–Crippen MR) is 73.7 cm³/mol. The van der Waals surface area contributed by atoms with Crippen molar-refractivity contribution in [1.29, 1.82) is 0 Å². The number of nitrogens with two attached hydrogens (primary N) is 1. The van der Waals surface area contributed by atoms with Crippen LogP contribution in [0, 0.1) is 5.92 Å². The van der Waals surface area contributed by atoms with E-state index in [0.29, 0.717) is 0 Å². The van der Waals surface area contributed by atoms with Crippen LogP contribution in [0.5, 0.6) is 0 Å². The van der Waals surface area contributed by atoms with Gasteiger partial charge in [0.25, 0.3) is 5.91 Å². The van der Waals surface area contributed by atoms with E-state index in [-0.39, 0.29) is 32.8 Å². The number of Topliss-reactive ketones (excluding diaryl/α,β-unsaturated/α-hetero) is 1. The summed E-state index contributed by atoms with van der Waals surface area (Å²) in [6.07, 6.45) is -2.94. The van der Waals surface area contributed by atoms with Gasteiger partial charge in [0.1, 0.15) is 11.5 Å². The quantitative estimate of drug-likeness (QED) is 0.726. The third-order valence-corrected chi connectivity index (χ3v) is 4.20. The third-order valence-electron chi connectivity index (χ3n) is 3.02. The fourth-order valence-electron chi connectivity index (χ4n) is 1.81. The summed E-state index contributed by atoms with van der Waals surface area (Å²) in [5.41, 5.74) is 5.64. The second-order valence-corrected chi connectivity index (χ2v) is 5.76. The number of amides is 1. The van der Waals surface area contributed by atoms with Gasteiger partial charge in [-0.05, 0) is 12.8 Å². The Morgan fingerprint density at radius 2 is 2.00 bits per heavy atom. The first-order valence-corrected chi connectivity index (χ1v) is 7.05. The standard InChI is InChI=1S/C12H14F3N3O2S/c1-17-10(20)6-7(16)9(8(19)5-2-3-5)21-11(6)18-4-12(13,14)15/h5,18H,2-4,16H2,1H3,(H,17,20). The van der Waals surface area contributed by atoms with Crippen molar-refractivity contribution >= 4 is 33.7 Å². The number of hydrogen-bond donors (Lipinski definition) is 3. The first-order valence-electron chi connectivity index (χ1n) is 6.23. The Bertz CT molecular complexity index is 579. The van der Waals surface area contributed by atoms with Crippen molar-refractivity contribution < 1.29 is 22.8 Å². The third kappa shape index (κ3) is 3.46. The fraction of sp³-hybridized carbons (Fsp3) is 0.500. The zero-order valence-corrected chi connectivity index (χ0v) is 12.0. The van der Waals surface area contributed by atoms with Crippen LogP contribution in [-0.4, -0.2) is 31.5 Å².